The van der Waals surface area contributed by atoms with E-state index in [1.54, 1.807) is 6.26 Å². The van der Waals surface area contributed by atoms with Crippen LogP contribution in [-0.4, -0.2) is 40.4 Å². The summed E-state index contributed by atoms with van der Waals surface area (Å²) in [5, 5.41) is 3.71. The number of halogens is 3. The molecule has 2 unspecified atom stereocenters. The maximum absolute atomic E-state index is 12.6. The Morgan fingerprint density at radius 1 is 1.32 bits per heavy atom. The topological polar surface area (TPSA) is 30.3 Å². The molecule has 3 rings (SSSR count). The normalized spacial score (nSPS) is 26.9. The zero-order chi connectivity index (χ0) is 15.6. The molecular weight excluding hydrogens is 295 g/mol. The summed E-state index contributed by atoms with van der Waals surface area (Å²) in [7, 11) is 0. The summed E-state index contributed by atoms with van der Waals surface area (Å²) < 4.78 is 45.0. The fraction of sp³-hybridized carbons (Fsp3) is 0.667. The second-order valence-corrected chi connectivity index (χ2v) is 5.94. The van der Waals surface area contributed by atoms with Crippen LogP contribution >= 0.6 is 0 Å². The minimum Gasteiger partial charge on any atom is -0.497 e. The number of ether oxygens (including phenoxy) is 1. The maximum atomic E-state index is 12.6. The summed E-state index contributed by atoms with van der Waals surface area (Å²) in [5.74, 6) is 0. The van der Waals surface area contributed by atoms with E-state index in [9.17, 15) is 13.2 Å². The highest BCUT2D eigenvalue weighted by Gasteiger charge is 2.34. The molecule has 0 N–H and O–H groups in total. The summed E-state index contributed by atoms with van der Waals surface area (Å²) in [6.07, 6.45) is 4.87. The van der Waals surface area contributed by atoms with Crippen molar-refractivity contribution >= 4 is 0 Å². The Bertz CT molecular complexity index is 526. The first-order chi connectivity index (χ1) is 10.5. The van der Waals surface area contributed by atoms with Crippen LogP contribution < -0.4 is 0 Å². The maximum Gasteiger partial charge on any atom is 0.435 e. The first kappa shape index (κ1) is 15.4. The van der Waals surface area contributed by atoms with Crippen LogP contribution in [-0.2, 0) is 10.9 Å². The van der Waals surface area contributed by atoms with Crippen molar-refractivity contribution in [2.45, 2.75) is 44.0 Å². The lowest BCUT2D eigenvalue weighted by molar-refractivity contribution is -0.141. The molecule has 2 aliphatic heterocycles. The number of allylic oxidation sites excluding steroid dienone is 1. The molecule has 0 radical (unpaired) electrons. The summed E-state index contributed by atoms with van der Waals surface area (Å²) >= 11 is 0. The van der Waals surface area contributed by atoms with E-state index in [2.05, 4.69) is 10.00 Å². The van der Waals surface area contributed by atoms with Crippen molar-refractivity contribution in [1.29, 1.82) is 0 Å². The quantitative estimate of drug-likeness (QED) is 0.858. The van der Waals surface area contributed by atoms with Crippen molar-refractivity contribution in [1.82, 2.24) is 14.7 Å². The first-order valence-electron chi connectivity index (χ1n) is 7.67. The number of rotatable bonds is 3. The standard InChI is InChI=1S/C15H20F3N3O/c16-15(17,18)14-6-8-21(19-14)12-4-3-7-20(10-12)11-13-5-1-2-9-22-13/h2,6,8-9,12-13H,1,3-5,7,10-11H2. The third kappa shape index (κ3) is 3.63. The predicted molar refractivity (Wildman–Crippen MR) is 75.2 cm³/mol. The molecule has 0 spiro atoms. The fourth-order valence-electron chi connectivity index (χ4n) is 3.11. The average Bonchev–Trinajstić information content (AvgIpc) is 2.99. The van der Waals surface area contributed by atoms with Crippen molar-refractivity contribution in [3.05, 3.63) is 30.3 Å². The van der Waals surface area contributed by atoms with Crippen molar-refractivity contribution < 1.29 is 17.9 Å². The van der Waals surface area contributed by atoms with Crippen LogP contribution in [0.25, 0.3) is 0 Å². The summed E-state index contributed by atoms with van der Waals surface area (Å²) in [6, 6.07) is 1.05. The third-order valence-electron chi connectivity index (χ3n) is 4.24. The van der Waals surface area contributed by atoms with Crippen molar-refractivity contribution in [3.63, 3.8) is 0 Å². The highest BCUT2D eigenvalue weighted by atomic mass is 19.4. The highest BCUT2D eigenvalue weighted by molar-refractivity contribution is 5.04. The molecular formula is C15H20F3N3O. The second kappa shape index (κ2) is 6.32. The van der Waals surface area contributed by atoms with Crippen molar-refractivity contribution in [2.24, 2.45) is 0 Å². The Morgan fingerprint density at radius 3 is 2.86 bits per heavy atom. The van der Waals surface area contributed by atoms with Crippen molar-refractivity contribution in [3.8, 4) is 0 Å². The van der Waals surface area contributed by atoms with Gasteiger partial charge in [-0.25, -0.2) is 0 Å². The van der Waals surface area contributed by atoms with Gasteiger partial charge in [-0.3, -0.25) is 9.58 Å². The zero-order valence-corrected chi connectivity index (χ0v) is 12.3. The molecule has 2 aliphatic rings. The van der Waals surface area contributed by atoms with Gasteiger partial charge in [0, 0.05) is 19.3 Å². The second-order valence-electron chi connectivity index (χ2n) is 5.94. The van der Waals surface area contributed by atoms with Crippen LogP contribution in [0.1, 0.15) is 37.4 Å². The van der Waals surface area contributed by atoms with E-state index in [-0.39, 0.29) is 12.1 Å². The Morgan fingerprint density at radius 2 is 2.18 bits per heavy atom. The summed E-state index contributed by atoms with van der Waals surface area (Å²) in [6.45, 7) is 2.52. The third-order valence-corrected chi connectivity index (χ3v) is 4.24. The molecule has 1 aromatic heterocycles. The minimum absolute atomic E-state index is 0.00369. The molecule has 0 aliphatic carbocycles. The van der Waals surface area contributed by atoms with Gasteiger partial charge < -0.3 is 4.74 Å². The molecule has 22 heavy (non-hydrogen) atoms. The SMILES string of the molecule is FC(F)(F)c1ccn(C2CCCN(CC3CCC=CO3)C2)n1. The van der Waals surface area contributed by atoms with Crippen LogP contribution in [0, 0.1) is 0 Å². The zero-order valence-electron chi connectivity index (χ0n) is 12.3. The van der Waals surface area contributed by atoms with Gasteiger partial charge in [0.2, 0.25) is 0 Å². The van der Waals surface area contributed by atoms with Gasteiger partial charge in [-0.1, -0.05) is 0 Å². The van der Waals surface area contributed by atoms with Gasteiger partial charge in [0.05, 0.1) is 12.3 Å². The Labute approximate surface area is 127 Å². The number of piperidine rings is 1. The lowest BCUT2D eigenvalue weighted by Gasteiger charge is -2.35. The van der Waals surface area contributed by atoms with Gasteiger partial charge in [-0.05, 0) is 44.4 Å². The Kier molecular flexibility index (Phi) is 4.42. The fourth-order valence-corrected chi connectivity index (χ4v) is 3.11. The van der Waals surface area contributed by atoms with Crippen LogP contribution in [0.15, 0.2) is 24.6 Å². The number of alkyl halides is 3. The molecule has 0 saturated carbocycles. The van der Waals surface area contributed by atoms with Gasteiger partial charge >= 0.3 is 6.18 Å². The number of hydrogen-bond donors (Lipinski definition) is 0. The van der Waals surface area contributed by atoms with E-state index in [0.29, 0.717) is 0 Å². The van der Waals surface area contributed by atoms with Crippen LogP contribution in [0.5, 0.6) is 0 Å². The number of nitrogens with zero attached hydrogens (tertiary/aromatic N) is 3. The molecule has 0 bridgehead atoms. The molecule has 1 aromatic rings. The van der Waals surface area contributed by atoms with Gasteiger partial charge in [0.25, 0.3) is 0 Å². The van der Waals surface area contributed by atoms with E-state index in [4.69, 9.17) is 4.74 Å². The molecule has 1 fully saturated rings. The molecule has 4 nitrogen and oxygen atoms in total. The minimum atomic E-state index is -4.37. The van der Waals surface area contributed by atoms with E-state index < -0.39 is 11.9 Å². The summed E-state index contributed by atoms with van der Waals surface area (Å²) in [5.41, 5.74) is -0.814. The molecule has 0 aromatic carbocycles. The molecule has 122 valence electrons. The number of aromatic nitrogens is 2. The molecule has 0 amide bonds. The van der Waals surface area contributed by atoms with Crippen LogP contribution in [0.2, 0.25) is 0 Å². The van der Waals surface area contributed by atoms with Gasteiger partial charge in [-0.15, -0.1) is 0 Å². The van der Waals surface area contributed by atoms with E-state index >= 15 is 0 Å². The lowest BCUT2D eigenvalue weighted by Crippen LogP contribution is -2.41. The smallest absolute Gasteiger partial charge is 0.435 e. The van der Waals surface area contributed by atoms with Gasteiger partial charge in [0.1, 0.15) is 6.10 Å². The van der Waals surface area contributed by atoms with Crippen molar-refractivity contribution in [2.75, 3.05) is 19.6 Å². The molecule has 1 saturated heterocycles. The monoisotopic (exact) mass is 315 g/mol. The summed E-state index contributed by atoms with van der Waals surface area (Å²) in [4.78, 5) is 2.27. The van der Waals surface area contributed by atoms with Gasteiger partial charge in [-0.2, -0.15) is 18.3 Å². The first-order valence-corrected chi connectivity index (χ1v) is 7.67. The highest BCUT2D eigenvalue weighted by Crippen LogP contribution is 2.29. The number of hydrogen-bond acceptors (Lipinski definition) is 3. The molecule has 3 heterocycles. The predicted octanol–water partition coefficient (Wildman–Crippen LogP) is 3.23. The Hall–Kier alpha value is -1.50. The molecule has 2 atom stereocenters. The largest absolute Gasteiger partial charge is 0.497 e. The van der Waals surface area contributed by atoms with Crippen LogP contribution in [0.3, 0.4) is 0 Å². The number of likely N-dealkylation sites (tertiary alicyclic amines) is 1. The Balaban J connectivity index is 1.60. The average molecular weight is 315 g/mol. The molecule has 7 heteroatoms. The van der Waals surface area contributed by atoms with E-state index in [1.165, 1.54) is 10.9 Å². The van der Waals surface area contributed by atoms with Gasteiger partial charge in [0.15, 0.2) is 5.69 Å². The van der Waals surface area contributed by atoms with E-state index in [1.807, 2.05) is 6.08 Å². The lowest BCUT2D eigenvalue weighted by atomic mass is 10.0. The van der Waals surface area contributed by atoms with Crippen LogP contribution in [0.4, 0.5) is 13.2 Å². The van der Waals surface area contributed by atoms with E-state index in [0.717, 1.165) is 51.4 Å².